The largest absolute Gasteiger partial charge is 0.417 e. The zero-order valence-corrected chi connectivity index (χ0v) is 11.1. The molecule has 106 valence electrons. The van der Waals surface area contributed by atoms with Crippen LogP contribution in [0.3, 0.4) is 0 Å². The lowest BCUT2D eigenvalue weighted by atomic mass is 10.1. The second-order valence-corrected chi connectivity index (χ2v) is 4.99. The summed E-state index contributed by atoms with van der Waals surface area (Å²) in [7, 11) is 0. The quantitative estimate of drug-likeness (QED) is 0.801. The van der Waals surface area contributed by atoms with Crippen molar-refractivity contribution < 1.29 is 13.2 Å². The summed E-state index contributed by atoms with van der Waals surface area (Å²) in [6, 6.07) is 5.57. The summed E-state index contributed by atoms with van der Waals surface area (Å²) in [5.41, 5.74) is -0.647. The molecule has 1 saturated carbocycles. The molecule has 2 aromatic rings. The van der Waals surface area contributed by atoms with Crippen molar-refractivity contribution >= 4 is 11.6 Å². The van der Waals surface area contributed by atoms with Gasteiger partial charge in [0.1, 0.15) is 5.82 Å². The molecule has 3 nitrogen and oxygen atoms in total. The van der Waals surface area contributed by atoms with Crippen LogP contribution in [0.5, 0.6) is 0 Å². The topological polar surface area (TPSA) is 30.7 Å². The van der Waals surface area contributed by atoms with Crippen LogP contribution in [-0.4, -0.2) is 14.8 Å². The molecule has 0 N–H and O–H groups in total. The van der Waals surface area contributed by atoms with Gasteiger partial charge in [0, 0.05) is 11.6 Å². The Bertz CT molecular complexity index is 632. The minimum Gasteiger partial charge on any atom is -0.307 e. The zero-order chi connectivity index (χ0) is 14.3. The van der Waals surface area contributed by atoms with E-state index in [4.69, 9.17) is 11.6 Å². The highest BCUT2D eigenvalue weighted by Gasteiger charge is 2.36. The number of nitrogens with zero attached hydrogens (tertiary/aromatic N) is 3. The fourth-order valence-electron chi connectivity index (χ4n) is 2.24. The summed E-state index contributed by atoms with van der Waals surface area (Å²) in [6.45, 7) is 0. The van der Waals surface area contributed by atoms with Gasteiger partial charge in [-0.15, -0.1) is 21.8 Å². The average molecular weight is 302 g/mol. The van der Waals surface area contributed by atoms with E-state index >= 15 is 0 Å². The number of aromatic nitrogens is 3. The smallest absolute Gasteiger partial charge is 0.307 e. The summed E-state index contributed by atoms with van der Waals surface area (Å²) in [4.78, 5) is 0. The van der Waals surface area contributed by atoms with Crippen molar-refractivity contribution in [3.05, 3.63) is 35.7 Å². The molecule has 7 heteroatoms. The Labute approximate surface area is 118 Å². The molecule has 0 aliphatic heterocycles. The van der Waals surface area contributed by atoms with E-state index in [1.165, 1.54) is 12.1 Å². The van der Waals surface area contributed by atoms with Gasteiger partial charge in [0.25, 0.3) is 0 Å². The molecular formula is C13H11ClF3N3. The SMILES string of the molecule is FC(F)(F)c1ccccc1-c1nnc(CCl)n1C1CC1. The zero-order valence-electron chi connectivity index (χ0n) is 10.4. The van der Waals surface area contributed by atoms with E-state index in [9.17, 15) is 13.2 Å². The molecule has 0 atom stereocenters. The lowest BCUT2D eigenvalue weighted by Gasteiger charge is -2.13. The fraction of sp³-hybridized carbons (Fsp3) is 0.385. The number of benzene rings is 1. The van der Waals surface area contributed by atoms with Gasteiger partial charge in [-0.3, -0.25) is 0 Å². The number of halogens is 4. The van der Waals surface area contributed by atoms with Crippen LogP contribution in [0, 0.1) is 0 Å². The maximum absolute atomic E-state index is 13.1. The van der Waals surface area contributed by atoms with Crippen LogP contribution < -0.4 is 0 Å². The van der Waals surface area contributed by atoms with Gasteiger partial charge < -0.3 is 4.57 Å². The number of hydrogen-bond donors (Lipinski definition) is 0. The van der Waals surface area contributed by atoms with E-state index in [0.717, 1.165) is 18.9 Å². The highest BCUT2D eigenvalue weighted by Crippen LogP contribution is 2.42. The lowest BCUT2D eigenvalue weighted by Crippen LogP contribution is -2.09. The molecule has 3 rings (SSSR count). The Morgan fingerprint density at radius 3 is 2.50 bits per heavy atom. The predicted octanol–water partition coefficient (Wildman–Crippen LogP) is 4.04. The van der Waals surface area contributed by atoms with E-state index in [2.05, 4.69) is 10.2 Å². The molecule has 1 aliphatic carbocycles. The maximum atomic E-state index is 13.1. The summed E-state index contributed by atoms with van der Waals surface area (Å²) in [5, 5.41) is 7.83. The predicted molar refractivity (Wildman–Crippen MR) is 68.3 cm³/mol. The molecule has 1 aromatic carbocycles. The molecule has 20 heavy (non-hydrogen) atoms. The number of hydrogen-bond acceptors (Lipinski definition) is 2. The lowest BCUT2D eigenvalue weighted by molar-refractivity contribution is -0.137. The van der Waals surface area contributed by atoms with Crippen LogP contribution in [0.15, 0.2) is 24.3 Å². The molecule has 1 fully saturated rings. The Balaban J connectivity index is 2.17. The second-order valence-electron chi connectivity index (χ2n) is 4.72. The third-order valence-corrected chi connectivity index (χ3v) is 3.51. The molecular weight excluding hydrogens is 291 g/mol. The van der Waals surface area contributed by atoms with Gasteiger partial charge in [-0.1, -0.05) is 18.2 Å². The highest BCUT2D eigenvalue weighted by atomic mass is 35.5. The molecule has 0 radical (unpaired) electrons. The van der Waals surface area contributed by atoms with Crippen LogP contribution in [0.2, 0.25) is 0 Å². The first-order valence-corrected chi connectivity index (χ1v) is 6.72. The van der Waals surface area contributed by atoms with Gasteiger partial charge >= 0.3 is 6.18 Å². The monoisotopic (exact) mass is 301 g/mol. The summed E-state index contributed by atoms with van der Waals surface area (Å²) < 4.78 is 41.0. The van der Waals surface area contributed by atoms with Gasteiger partial charge in [0.05, 0.1) is 11.4 Å². The highest BCUT2D eigenvalue weighted by molar-refractivity contribution is 6.16. The molecule has 0 saturated heterocycles. The minimum absolute atomic E-state index is 0.0516. The molecule has 1 aromatic heterocycles. The summed E-state index contributed by atoms with van der Waals surface area (Å²) >= 11 is 5.79. The van der Waals surface area contributed by atoms with E-state index in [-0.39, 0.29) is 23.3 Å². The average Bonchev–Trinajstić information content (AvgIpc) is 3.16. The van der Waals surface area contributed by atoms with Crippen LogP contribution in [0.1, 0.15) is 30.3 Å². The molecule has 0 unspecified atom stereocenters. The second kappa shape index (κ2) is 4.77. The Hall–Kier alpha value is -1.56. The van der Waals surface area contributed by atoms with E-state index in [1.807, 2.05) is 0 Å². The first kappa shape index (κ1) is 13.4. The van der Waals surface area contributed by atoms with Crippen molar-refractivity contribution in [2.24, 2.45) is 0 Å². The van der Waals surface area contributed by atoms with Gasteiger partial charge in [0.2, 0.25) is 0 Å². The van der Waals surface area contributed by atoms with Crippen molar-refractivity contribution in [2.75, 3.05) is 0 Å². The molecule has 0 amide bonds. The van der Waals surface area contributed by atoms with Crippen LogP contribution >= 0.6 is 11.6 Å². The summed E-state index contributed by atoms with van der Waals surface area (Å²) in [6.07, 6.45) is -2.58. The third-order valence-electron chi connectivity index (χ3n) is 3.27. The van der Waals surface area contributed by atoms with Gasteiger partial charge in [-0.05, 0) is 18.9 Å². The fourth-order valence-corrected chi connectivity index (χ4v) is 2.42. The Morgan fingerprint density at radius 2 is 1.90 bits per heavy atom. The maximum Gasteiger partial charge on any atom is 0.417 e. The normalized spacial score (nSPS) is 15.6. The van der Waals surface area contributed by atoms with E-state index < -0.39 is 11.7 Å². The van der Waals surface area contributed by atoms with Crippen molar-refractivity contribution in [1.29, 1.82) is 0 Å². The third kappa shape index (κ3) is 2.28. The Kier molecular flexibility index (Phi) is 3.20. The molecule has 0 spiro atoms. The van der Waals surface area contributed by atoms with Crippen LogP contribution in [0.4, 0.5) is 13.2 Å². The standard InChI is InChI=1S/C13H11ClF3N3/c14-7-11-18-19-12(20(11)8-5-6-8)9-3-1-2-4-10(9)13(15,16)17/h1-4,8H,5-7H2. The van der Waals surface area contributed by atoms with Crippen LogP contribution in [0.25, 0.3) is 11.4 Å². The van der Waals surface area contributed by atoms with Crippen molar-refractivity contribution in [2.45, 2.75) is 30.9 Å². The van der Waals surface area contributed by atoms with Crippen molar-refractivity contribution in [1.82, 2.24) is 14.8 Å². The number of alkyl halides is 4. The van der Waals surface area contributed by atoms with E-state index in [0.29, 0.717) is 5.82 Å². The van der Waals surface area contributed by atoms with Crippen molar-refractivity contribution in [3.8, 4) is 11.4 Å². The van der Waals surface area contributed by atoms with Crippen molar-refractivity contribution in [3.63, 3.8) is 0 Å². The first-order chi connectivity index (χ1) is 9.52. The van der Waals surface area contributed by atoms with Gasteiger partial charge in [0.15, 0.2) is 5.82 Å². The van der Waals surface area contributed by atoms with E-state index in [1.54, 1.807) is 10.6 Å². The Morgan fingerprint density at radius 1 is 1.20 bits per heavy atom. The van der Waals surface area contributed by atoms with Crippen LogP contribution in [-0.2, 0) is 12.1 Å². The molecule has 0 bridgehead atoms. The molecule has 1 aliphatic rings. The number of rotatable bonds is 3. The van der Waals surface area contributed by atoms with Gasteiger partial charge in [-0.2, -0.15) is 13.2 Å². The van der Waals surface area contributed by atoms with Gasteiger partial charge in [-0.25, -0.2) is 0 Å². The first-order valence-electron chi connectivity index (χ1n) is 6.18. The molecule has 1 heterocycles. The minimum atomic E-state index is -4.42. The summed E-state index contributed by atoms with van der Waals surface area (Å²) in [5.74, 6) is 0.898.